The van der Waals surface area contributed by atoms with Gasteiger partial charge in [-0.3, -0.25) is 4.68 Å². The van der Waals surface area contributed by atoms with Gasteiger partial charge in [0.1, 0.15) is 17.9 Å². The summed E-state index contributed by atoms with van der Waals surface area (Å²) in [4.78, 5) is 11.1. The van der Waals surface area contributed by atoms with Gasteiger partial charge >= 0.3 is 0 Å². The summed E-state index contributed by atoms with van der Waals surface area (Å²) < 4.78 is 7.89. The first kappa shape index (κ1) is 21.5. The predicted molar refractivity (Wildman–Crippen MR) is 117 cm³/mol. The van der Waals surface area contributed by atoms with Crippen molar-refractivity contribution < 1.29 is 4.74 Å². The topological polar surface area (TPSA) is 67.6 Å². The normalized spacial score (nSPS) is 14.3. The molecule has 8 heteroatoms. The van der Waals surface area contributed by atoms with Gasteiger partial charge in [-0.25, -0.2) is 9.98 Å². The average molecular weight is 484 g/mol. The maximum absolute atomic E-state index is 6.11. The van der Waals surface area contributed by atoms with Crippen molar-refractivity contribution >= 4 is 29.9 Å². The molecule has 1 N–H and O–H groups in total. The highest BCUT2D eigenvalue weighted by Gasteiger charge is 2.20. The number of aromatic nitrogens is 3. The third-order valence-electron chi connectivity index (χ3n) is 4.60. The summed E-state index contributed by atoms with van der Waals surface area (Å²) in [6, 6.07) is 8.18. The molecule has 27 heavy (non-hydrogen) atoms. The van der Waals surface area contributed by atoms with Crippen LogP contribution in [0.15, 0.2) is 35.6 Å². The molecule has 1 heterocycles. The van der Waals surface area contributed by atoms with Crippen molar-refractivity contribution in [2.45, 2.75) is 45.4 Å². The van der Waals surface area contributed by atoms with Crippen LogP contribution in [-0.2, 0) is 20.1 Å². The number of hydrogen-bond donors (Lipinski definition) is 1. The molecule has 3 rings (SSSR count). The SMILES string of the molecule is CCNC(=NCc1ccccc1OC1CCC1)N(C)Cc1ncnn1C.I. The molecule has 0 bridgehead atoms. The van der Waals surface area contributed by atoms with E-state index in [2.05, 4.69) is 33.3 Å². The first-order chi connectivity index (χ1) is 12.7. The summed E-state index contributed by atoms with van der Waals surface area (Å²) in [7, 11) is 3.90. The van der Waals surface area contributed by atoms with Crippen molar-refractivity contribution in [3.8, 4) is 5.75 Å². The molecule has 1 aliphatic rings. The number of nitrogens with one attached hydrogen (secondary N) is 1. The summed E-state index contributed by atoms with van der Waals surface area (Å²) in [5.74, 6) is 2.69. The number of hydrogen-bond acceptors (Lipinski definition) is 4. The van der Waals surface area contributed by atoms with E-state index >= 15 is 0 Å². The Bertz CT molecular complexity index is 743. The highest BCUT2D eigenvalue weighted by molar-refractivity contribution is 14.0. The van der Waals surface area contributed by atoms with Gasteiger partial charge in [0.15, 0.2) is 5.96 Å². The zero-order valence-corrected chi connectivity index (χ0v) is 18.6. The first-order valence-electron chi connectivity index (χ1n) is 9.24. The van der Waals surface area contributed by atoms with E-state index in [1.165, 1.54) is 6.42 Å². The van der Waals surface area contributed by atoms with E-state index in [0.29, 0.717) is 19.2 Å². The lowest BCUT2D eigenvalue weighted by molar-refractivity contribution is 0.119. The van der Waals surface area contributed by atoms with Crippen molar-refractivity contribution in [3.63, 3.8) is 0 Å². The third kappa shape index (κ3) is 5.82. The molecule has 0 unspecified atom stereocenters. The van der Waals surface area contributed by atoms with E-state index in [0.717, 1.165) is 42.5 Å². The smallest absolute Gasteiger partial charge is 0.194 e. The van der Waals surface area contributed by atoms with Gasteiger partial charge in [-0.15, -0.1) is 24.0 Å². The van der Waals surface area contributed by atoms with Crippen LogP contribution in [0.2, 0.25) is 0 Å². The number of aryl methyl sites for hydroxylation is 1. The van der Waals surface area contributed by atoms with E-state index in [4.69, 9.17) is 9.73 Å². The van der Waals surface area contributed by atoms with E-state index in [1.807, 2.05) is 32.3 Å². The fourth-order valence-corrected chi connectivity index (χ4v) is 2.80. The maximum atomic E-state index is 6.11. The molecule has 1 saturated carbocycles. The Balaban J connectivity index is 0.00000261. The van der Waals surface area contributed by atoms with Crippen LogP contribution in [0, 0.1) is 0 Å². The summed E-state index contributed by atoms with van der Waals surface area (Å²) in [5.41, 5.74) is 1.11. The van der Waals surface area contributed by atoms with Gasteiger partial charge < -0.3 is 15.0 Å². The van der Waals surface area contributed by atoms with Gasteiger partial charge in [-0.2, -0.15) is 5.10 Å². The molecule has 1 aliphatic carbocycles. The molecule has 2 aromatic rings. The fraction of sp³-hybridized carbons (Fsp3) is 0.526. The molecule has 1 aromatic heterocycles. The van der Waals surface area contributed by atoms with Gasteiger partial charge in [-0.05, 0) is 32.3 Å². The predicted octanol–water partition coefficient (Wildman–Crippen LogP) is 2.96. The monoisotopic (exact) mass is 484 g/mol. The molecule has 0 atom stereocenters. The number of benzene rings is 1. The molecule has 0 radical (unpaired) electrons. The lowest BCUT2D eigenvalue weighted by atomic mass is 9.96. The number of halogens is 1. The van der Waals surface area contributed by atoms with Gasteiger partial charge in [0.05, 0.1) is 19.2 Å². The summed E-state index contributed by atoms with van der Waals surface area (Å²) in [5, 5.41) is 7.47. The van der Waals surface area contributed by atoms with Crippen molar-refractivity contribution in [1.29, 1.82) is 0 Å². The molecule has 0 spiro atoms. The Kier molecular flexibility index (Phi) is 8.33. The van der Waals surface area contributed by atoms with Crippen molar-refractivity contribution in [2.75, 3.05) is 13.6 Å². The van der Waals surface area contributed by atoms with Crippen LogP contribution in [0.4, 0.5) is 0 Å². The van der Waals surface area contributed by atoms with Crippen molar-refractivity contribution in [2.24, 2.45) is 12.0 Å². The molecule has 1 aromatic carbocycles. The molecule has 0 aliphatic heterocycles. The number of ether oxygens (including phenoxy) is 1. The fourth-order valence-electron chi connectivity index (χ4n) is 2.80. The zero-order chi connectivity index (χ0) is 18.4. The van der Waals surface area contributed by atoms with Gasteiger partial charge in [0, 0.05) is 26.2 Å². The minimum absolute atomic E-state index is 0. The van der Waals surface area contributed by atoms with Crippen LogP contribution in [0.25, 0.3) is 0 Å². The quantitative estimate of drug-likeness (QED) is 0.372. The number of rotatable bonds is 7. The molecular formula is C19H29IN6O. The molecular weight excluding hydrogens is 455 g/mol. The number of aliphatic imine (C=N–C) groups is 1. The van der Waals surface area contributed by atoms with Gasteiger partial charge in [-0.1, -0.05) is 18.2 Å². The first-order valence-corrected chi connectivity index (χ1v) is 9.24. The average Bonchev–Trinajstić information content (AvgIpc) is 3.00. The van der Waals surface area contributed by atoms with Crippen LogP contribution in [-0.4, -0.2) is 45.3 Å². The molecule has 7 nitrogen and oxygen atoms in total. The van der Waals surface area contributed by atoms with Crippen LogP contribution in [0.3, 0.4) is 0 Å². The minimum atomic E-state index is 0. The Hall–Kier alpha value is -1.84. The van der Waals surface area contributed by atoms with Crippen molar-refractivity contribution in [1.82, 2.24) is 25.0 Å². The van der Waals surface area contributed by atoms with Gasteiger partial charge in [0.25, 0.3) is 0 Å². The van der Waals surface area contributed by atoms with E-state index in [1.54, 1.807) is 11.0 Å². The third-order valence-corrected chi connectivity index (χ3v) is 4.60. The Morgan fingerprint density at radius 3 is 2.78 bits per heavy atom. The highest BCUT2D eigenvalue weighted by Crippen LogP contribution is 2.27. The van der Waals surface area contributed by atoms with Gasteiger partial charge in [0.2, 0.25) is 0 Å². The number of guanidine groups is 1. The Morgan fingerprint density at radius 2 is 2.15 bits per heavy atom. The second-order valence-corrected chi connectivity index (χ2v) is 6.60. The van der Waals surface area contributed by atoms with Crippen LogP contribution in [0.5, 0.6) is 5.75 Å². The lowest BCUT2D eigenvalue weighted by Gasteiger charge is -2.27. The second-order valence-electron chi connectivity index (χ2n) is 6.60. The van der Waals surface area contributed by atoms with Crippen LogP contribution >= 0.6 is 24.0 Å². The Labute approximate surface area is 178 Å². The lowest BCUT2D eigenvalue weighted by Crippen LogP contribution is -2.39. The van der Waals surface area contributed by atoms with Crippen LogP contribution < -0.4 is 10.1 Å². The standard InChI is InChI=1S/C19H28N6O.HI/c1-4-20-19(24(2)13-18-22-14-23-25(18)3)21-12-15-8-5-6-11-17(15)26-16-9-7-10-16;/h5-6,8,11,14,16H,4,7,9-10,12-13H2,1-3H3,(H,20,21);1H. The second kappa shape index (κ2) is 10.5. The molecule has 0 amide bonds. The van der Waals surface area contributed by atoms with Crippen LogP contribution in [0.1, 0.15) is 37.6 Å². The van der Waals surface area contributed by atoms with E-state index < -0.39 is 0 Å². The minimum Gasteiger partial charge on any atom is -0.490 e. The highest BCUT2D eigenvalue weighted by atomic mass is 127. The molecule has 0 saturated heterocycles. The Morgan fingerprint density at radius 1 is 1.37 bits per heavy atom. The molecule has 1 fully saturated rings. The van der Waals surface area contributed by atoms with Crippen molar-refractivity contribution in [3.05, 3.63) is 42.0 Å². The largest absolute Gasteiger partial charge is 0.490 e. The summed E-state index contributed by atoms with van der Waals surface area (Å²) in [6.45, 7) is 4.10. The summed E-state index contributed by atoms with van der Waals surface area (Å²) in [6.07, 6.45) is 5.51. The molecule has 148 valence electrons. The zero-order valence-electron chi connectivity index (χ0n) is 16.3. The van der Waals surface area contributed by atoms with E-state index in [9.17, 15) is 0 Å². The van der Waals surface area contributed by atoms with E-state index in [-0.39, 0.29) is 24.0 Å². The maximum Gasteiger partial charge on any atom is 0.194 e. The number of nitrogens with zero attached hydrogens (tertiary/aromatic N) is 5. The summed E-state index contributed by atoms with van der Waals surface area (Å²) >= 11 is 0. The number of para-hydroxylation sites is 1.